The van der Waals surface area contributed by atoms with Gasteiger partial charge < -0.3 is 9.80 Å². The fraction of sp³-hybridized carbons (Fsp3) is 0.310. The van der Waals surface area contributed by atoms with Crippen molar-refractivity contribution in [2.45, 2.75) is 25.9 Å². The molecule has 0 bridgehead atoms. The van der Waals surface area contributed by atoms with Gasteiger partial charge in [-0.05, 0) is 42.3 Å². The number of carbonyl (C=O) groups is 2. The molecule has 1 aliphatic heterocycles. The minimum Gasteiger partial charge on any atom is -0.340 e. The molecule has 0 N–H and O–H groups in total. The van der Waals surface area contributed by atoms with Gasteiger partial charge in [-0.25, -0.2) is 0 Å². The molecule has 182 valence electrons. The first kappa shape index (κ1) is 25.0. The largest absolute Gasteiger partial charge is 0.340 e. The van der Waals surface area contributed by atoms with Crippen LogP contribution in [0.3, 0.4) is 0 Å². The van der Waals surface area contributed by atoms with Gasteiger partial charge in [0.05, 0.1) is 6.04 Å². The zero-order valence-corrected chi connectivity index (χ0v) is 20.9. The molecule has 5 nitrogen and oxygen atoms in total. The molecule has 1 fully saturated rings. The molecular formula is C29H32ClN3O2. The number of benzene rings is 3. The maximum atomic E-state index is 13.4. The summed E-state index contributed by atoms with van der Waals surface area (Å²) in [7, 11) is 0. The minimum atomic E-state index is -0.158. The van der Waals surface area contributed by atoms with Crippen molar-refractivity contribution in [1.82, 2.24) is 14.7 Å². The highest BCUT2D eigenvalue weighted by Crippen LogP contribution is 2.23. The standard InChI is InChI=1S/C29H32ClN3O2/c1-23(25-10-6-3-7-11-25)33(29(35)26-12-14-27(30)15-13-26)17-16-28(34)32-20-18-31(19-21-32)22-24-8-4-2-5-9-24/h2-15,23H,16-22H2,1H3. The molecule has 1 atom stereocenters. The molecule has 2 amide bonds. The monoisotopic (exact) mass is 489 g/mol. The summed E-state index contributed by atoms with van der Waals surface area (Å²) in [5.74, 6) is -0.00275. The van der Waals surface area contributed by atoms with Gasteiger partial charge in [0.25, 0.3) is 5.91 Å². The Bertz CT molecular complexity index is 1100. The first-order valence-corrected chi connectivity index (χ1v) is 12.5. The third-order valence-corrected chi connectivity index (χ3v) is 6.89. The molecule has 0 spiro atoms. The summed E-state index contributed by atoms with van der Waals surface area (Å²) in [4.78, 5) is 32.6. The Balaban J connectivity index is 1.37. The van der Waals surface area contributed by atoms with Crippen LogP contribution < -0.4 is 0 Å². The van der Waals surface area contributed by atoms with Gasteiger partial charge in [0.2, 0.25) is 5.91 Å². The molecule has 35 heavy (non-hydrogen) atoms. The maximum Gasteiger partial charge on any atom is 0.254 e. The summed E-state index contributed by atoms with van der Waals surface area (Å²) in [6.45, 7) is 6.41. The van der Waals surface area contributed by atoms with Crippen molar-refractivity contribution in [3.63, 3.8) is 0 Å². The second kappa shape index (κ2) is 12.0. The van der Waals surface area contributed by atoms with Crippen LogP contribution in [0, 0.1) is 0 Å². The van der Waals surface area contributed by atoms with E-state index in [-0.39, 0.29) is 17.9 Å². The third kappa shape index (κ3) is 6.71. The van der Waals surface area contributed by atoms with Crippen LogP contribution in [0.15, 0.2) is 84.9 Å². The molecule has 1 heterocycles. The second-order valence-corrected chi connectivity index (χ2v) is 9.42. The maximum absolute atomic E-state index is 13.4. The first-order valence-electron chi connectivity index (χ1n) is 12.2. The van der Waals surface area contributed by atoms with Crippen molar-refractivity contribution < 1.29 is 9.59 Å². The summed E-state index contributed by atoms with van der Waals surface area (Å²) in [5, 5.41) is 0.589. The SMILES string of the molecule is CC(c1ccccc1)N(CCC(=O)N1CCN(Cc2ccccc2)CC1)C(=O)c1ccc(Cl)cc1. The van der Waals surface area contributed by atoms with E-state index >= 15 is 0 Å². The van der Waals surface area contributed by atoms with E-state index in [4.69, 9.17) is 11.6 Å². The lowest BCUT2D eigenvalue weighted by Gasteiger charge is -2.36. The van der Waals surface area contributed by atoms with E-state index < -0.39 is 0 Å². The van der Waals surface area contributed by atoms with Crippen LogP contribution in [0.5, 0.6) is 0 Å². The Morgan fingerprint density at radius 1 is 0.857 bits per heavy atom. The molecule has 0 aliphatic carbocycles. The van der Waals surface area contributed by atoms with Crippen molar-refractivity contribution in [3.05, 3.63) is 107 Å². The zero-order chi connectivity index (χ0) is 24.6. The van der Waals surface area contributed by atoms with Gasteiger partial charge in [0, 0.05) is 56.3 Å². The molecule has 0 saturated carbocycles. The number of hydrogen-bond donors (Lipinski definition) is 0. The lowest BCUT2D eigenvalue weighted by atomic mass is 10.0. The van der Waals surface area contributed by atoms with Crippen molar-refractivity contribution in [2.75, 3.05) is 32.7 Å². The van der Waals surface area contributed by atoms with E-state index in [0.29, 0.717) is 36.6 Å². The smallest absolute Gasteiger partial charge is 0.254 e. The van der Waals surface area contributed by atoms with Crippen LogP contribution >= 0.6 is 11.6 Å². The normalized spacial score (nSPS) is 15.0. The average molecular weight is 490 g/mol. The molecule has 6 heteroatoms. The Labute approximate surface area is 212 Å². The van der Waals surface area contributed by atoms with Gasteiger partial charge in [0.15, 0.2) is 0 Å². The van der Waals surface area contributed by atoms with Crippen LogP contribution in [0.4, 0.5) is 0 Å². The summed E-state index contributed by atoms with van der Waals surface area (Å²) in [5.41, 5.74) is 2.90. The topological polar surface area (TPSA) is 43.9 Å². The summed E-state index contributed by atoms with van der Waals surface area (Å²) in [6, 6.07) is 27.1. The fourth-order valence-electron chi connectivity index (χ4n) is 4.51. The molecule has 0 aromatic heterocycles. The molecule has 1 aliphatic rings. The van der Waals surface area contributed by atoms with E-state index in [1.54, 1.807) is 29.2 Å². The van der Waals surface area contributed by atoms with Gasteiger partial charge in [-0.15, -0.1) is 0 Å². The molecular weight excluding hydrogens is 458 g/mol. The lowest BCUT2D eigenvalue weighted by molar-refractivity contribution is -0.133. The van der Waals surface area contributed by atoms with Gasteiger partial charge in [-0.2, -0.15) is 0 Å². The van der Waals surface area contributed by atoms with E-state index in [0.717, 1.165) is 25.2 Å². The Morgan fingerprint density at radius 2 is 1.46 bits per heavy atom. The van der Waals surface area contributed by atoms with Crippen molar-refractivity contribution in [1.29, 1.82) is 0 Å². The number of hydrogen-bond acceptors (Lipinski definition) is 3. The van der Waals surface area contributed by atoms with Crippen LogP contribution in [0.2, 0.25) is 5.02 Å². The predicted octanol–water partition coefficient (Wildman–Crippen LogP) is 5.28. The first-order chi connectivity index (χ1) is 17.0. The minimum absolute atomic E-state index is 0.0959. The van der Waals surface area contributed by atoms with Gasteiger partial charge >= 0.3 is 0 Å². The fourth-order valence-corrected chi connectivity index (χ4v) is 4.64. The number of halogens is 1. The Hall–Kier alpha value is -3.15. The van der Waals surface area contributed by atoms with E-state index in [1.165, 1.54) is 5.56 Å². The van der Waals surface area contributed by atoms with E-state index in [9.17, 15) is 9.59 Å². The van der Waals surface area contributed by atoms with E-state index in [1.807, 2.05) is 48.2 Å². The average Bonchev–Trinajstić information content (AvgIpc) is 2.90. The highest BCUT2D eigenvalue weighted by Gasteiger charge is 2.26. The molecule has 3 aromatic carbocycles. The summed E-state index contributed by atoms with van der Waals surface area (Å²) < 4.78 is 0. The van der Waals surface area contributed by atoms with Crippen molar-refractivity contribution >= 4 is 23.4 Å². The summed E-state index contributed by atoms with van der Waals surface area (Å²) in [6.07, 6.45) is 0.301. The van der Waals surface area contributed by atoms with Crippen LogP contribution in [0.25, 0.3) is 0 Å². The molecule has 4 rings (SSSR count). The molecule has 1 saturated heterocycles. The lowest BCUT2D eigenvalue weighted by Crippen LogP contribution is -2.49. The predicted molar refractivity (Wildman–Crippen MR) is 140 cm³/mol. The Morgan fingerprint density at radius 3 is 2.09 bits per heavy atom. The third-order valence-electron chi connectivity index (χ3n) is 6.64. The highest BCUT2D eigenvalue weighted by atomic mass is 35.5. The van der Waals surface area contributed by atoms with Gasteiger partial charge in [-0.1, -0.05) is 72.3 Å². The molecule has 3 aromatic rings. The van der Waals surface area contributed by atoms with Gasteiger partial charge in [-0.3, -0.25) is 14.5 Å². The Kier molecular flexibility index (Phi) is 8.56. The number of carbonyl (C=O) groups excluding carboxylic acids is 2. The summed E-state index contributed by atoms with van der Waals surface area (Å²) >= 11 is 6.02. The number of rotatable bonds is 8. The van der Waals surface area contributed by atoms with Crippen LogP contribution in [0.1, 0.15) is 40.9 Å². The van der Waals surface area contributed by atoms with Crippen LogP contribution in [-0.2, 0) is 11.3 Å². The second-order valence-electron chi connectivity index (χ2n) is 8.98. The van der Waals surface area contributed by atoms with Gasteiger partial charge in [0.1, 0.15) is 0 Å². The van der Waals surface area contributed by atoms with Crippen molar-refractivity contribution in [3.8, 4) is 0 Å². The molecule has 0 radical (unpaired) electrons. The number of piperazine rings is 1. The van der Waals surface area contributed by atoms with Crippen LogP contribution in [-0.4, -0.2) is 59.2 Å². The zero-order valence-electron chi connectivity index (χ0n) is 20.1. The quantitative estimate of drug-likeness (QED) is 0.432. The van der Waals surface area contributed by atoms with E-state index in [2.05, 4.69) is 29.2 Å². The van der Waals surface area contributed by atoms with Crippen molar-refractivity contribution in [2.24, 2.45) is 0 Å². The molecule has 1 unspecified atom stereocenters. The number of nitrogens with zero attached hydrogens (tertiary/aromatic N) is 3. The highest BCUT2D eigenvalue weighted by molar-refractivity contribution is 6.30. The number of amides is 2.